The second kappa shape index (κ2) is 6.64. The molecule has 7 nitrogen and oxygen atoms in total. The van der Waals surface area contributed by atoms with Gasteiger partial charge in [-0.2, -0.15) is 0 Å². The summed E-state index contributed by atoms with van der Waals surface area (Å²) in [6, 6.07) is 6.88. The predicted octanol–water partition coefficient (Wildman–Crippen LogP) is 2.22. The molecule has 25 heavy (non-hydrogen) atoms. The van der Waals surface area contributed by atoms with E-state index in [-0.39, 0.29) is 23.4 Å². The topological polar surface area (TPSA) is 94.8 Å². The molecule has 0 aliphatic carbocycles. The molecule has 0 atom stereocenters. The van der Waals surface area contributed by atoms with Crippen molar-refractivity contribution in [1.82, 2.24) is 0 Å². The molecule has 0 fully saturated rings. The number of para-hydroxylation sites is 1. The summed E-state index contributed by atoms with van der Waals surface area (Å²) in [6.45, 7) is 1.84. The summed E-state index contributed by atoms with van der Waals surface area (Å²) in [5, 5.41) is 3.50. The number of rotatable bonds is 3. The Kier molecular flexibility index (Phi) is 4.38. The van der Waals surface area contributed by atoms with Crippen LogP contribution >= 0.6 is 0 Å². The van der Waals surface area contributed by atoms with E-state index in [9.17, 15) is 14.4 Å². The van der Waals surface area contributed by atoms with Crippen LogP contribution in [0.3, 0.4) is 0 Å². The summed E-state index contributed by atoms with van der Waals surface area (Å²) in [4.78, 5) is 36.5. The lowest BCUT2D eigenvalue weighted by Gasteiger charge is -2.12. The molecule has 2 heterocycles. The van der Waals surface area contributed by atoms with Crippen LogP contribution in [0.1, 0.15) is 12.5 Å². The summed E-state index contributed by atoms with van der Waals surface area (Å²) in [7, 11) is 1.21. The van der Waals surface area contributed by atoms with E-state index in [1.54, 1.807) is 31.2 Å². The number of carbonyl (C=O) groups excluding carboxylic acids is 2. The van der Waals surface area contributed by atoms with Crippen molar-refractivity contribution in [3.63, 3.8) is 0 Å². The second-order valence-electron chi connectivity index (χ2n) is 5.17. The Labute approximate surface area is 142 Å². The van der Waals surface area contributed by atoms with Gasteiger partial charge in [-0.1, -0.05) is 12.1 Å². The van der Waals surface area contributed by atoms with E-state index >= 15 is 0 Å². The number of hydrogen-bond acceptors (Lipinski definition) is 7. The van der Waals surface area contributed by atoms with Crippen LogP contribution in [0.15, 0.2) is 50.8 Å². The van der Waals surface area contributed by atoms with Crippen LogP contribution in [-0.2, 0) is 19.1 Å². The van der Waals surface area contributed by atoms with Crippen molar-refractivity contribution in [1.29, 1.82) is 0 Å². The van der Waals surface area contributed by atoms with Crippen LogP contribution in [-0.4, -0.2) is 25.7 Å². The maximum absolute atomic E-state index is 12.3. The van der Waals surface area contributed by atoms with Crippen LogP contribution in [0, 0.1) is 0 Å². The molecule has 1 aliphatic rings. The molecule has 1 aromatic heterocycles. The van der Waals surface area contributed by atoms with Gasteiger partial charge < -0.3 is 19.2 Å². The number of methoxy groups -OCH3 is 1. The molecule has 1 aromatic carbocycles. The van der Waals surface area contributed by atoms with Gasteiger partial charge in [-0.15, -0.1) is 0 Å². The Morgan fingerprint density at radius 2 is 1.92 bits per heavy atom. The normalized spacial score (nSPS) is 13.0. The molecule has 0 saturated heterocycles. The molecule has 1 N–H and O–H groups in total. The van der Waals surface area contributed by atoms with E-state index in [2.05, 4.69) is 5.32 Å². The molecule has 1 aliphatic heterocycles. The lowest BCUT2D eigenvalue weighted by molar-refractivity contribution is -0.138. The summed E-state index contributed by atoms with van der Waals surface area (Å²) >= 11 is 0. The molecule has 0 bridgehead atoms. The first-order valence-corrected chi connectivity index (χ1v) is 7.56. The van der Waals surface area contributed by atoms with Crippen LogP contribution in [0.2, 0.25) is 0 Å². The number of anilines is 1. The molecular formula is C18H15NO6. The minimum absolute atomic E-state index is 0.0213. The number of nitrogens with one attached hydrogen (secondary N) is 1. The maximum atomic E-state index is 12.3. The van der Waals surface area contributed by atoms with E-state index in [4.69, 9.17) is 13.9 Å². The minimum Gasteiger partial charge on any atom is -0.465 e. The third-order valence-corrected chi connectivity index (χ3v) is 3.62. The number of ether oxygens (including phenoxy) is 2. The van der Waals surface area contributed by atoms with Crippen LogP contribution < -0.4 is 10.9 Å². The highest BCUT2D eigenvalue weighted by atomic mass is 16.5. The molecule has 0 amide bonds. The van der Waals surface area contributed by atoms with Crippen molar-refractivity contribution in [3.8, 4) is 0 Å². The fourth-order valence-corrected chi connectivity index (χ4v) is 2.51. The molecule has 0 unspecified atom stereocenters. The van der Waals surface area contributed by atoms with Gasteiger partial charge in [-0.3, -0.25) is 0 Å². The summed E-state index contributed by atoms with van der Waals surface area (Å²) in [5.41, 5.74) is 0.255. The fourth-order valence-electron chi connectivity index (χ4n) is 2.51. The average molecular weight is 341 g/mol. The summed E-state index contributed by atoms with van der Waals surface area (Å²) in [6.07, 6.45) is 2.62. The average Bonchev–Trinajstić information content (AvgIpc) is 2.82. The zero-order valence-electron chi connectivity index (χ0n) is 13.6. The van der Waals surface area contributed by atoms with E-state index in [0.717, 1.165) is 0 Å². The minimum atomic E-state index is -0.691. The molecule has 7 heteroatoms. The quantitative estimate of drug-likeness (QED) is 0.675. The van der Waals surface area contributed by atoms with Gasteiger partial charge in [0.25, 0.3) is 0 Å². The van der Waals surface area contributed by atoms with Gasteiger partial charge in [-0.05, 0) is 31.2 Å². The number of benzene rings is 1. The molecule has 0 spiro atoms. The zero-order valence-corrected chi connectivity index (χ0v) is 13.6. The van der Waals surface area contributed by atoms with Gasteiger partial charge in [0.15, 0.2) is 0 Å². The molecular weight excluding hydrogens is 326 g/mol. The van der Waals surface area contributed by atoms with Gasteiger partial charge >= 0.3 is 17.6 Å². The Bertz CT molecular complexity index is 983. The summed E-state index contributed by atoms with van der Waals surface area (Å²) in [5.74, 6) is -1.34. The first-order valence-electron chi connectivity index (χ1n) is 7.56. The highest BCUT2D eigenvalue weighted by Gasteiger charge is 2.24. The van der Waals surface area contributed by atoms with Crippen LogP contribution in [0.4, 0.5) is 5.69 Å². The smallest absolute Gasteiger partial charge is 0.354 e. The Morgan fingerprint density at radius 1 is 1.16 bits per heavy atom. The maximum Gasteiger partial charge on any atom is 0.354 e. The molecule has 128 valence electrons. The Morgan fingerprint density at radius 3 is 2.64 bits per heavy atom. The lowest BCUT2D eigenvalue weighted by atomic mass is 10.1. The third kappa shape index (κ3) is 3.03. The van der Waals surface area contributed by atoms with Gasteiger partial charge in [0, 0.05) is 5.39 Å². The van der Waals surface area contributed by atoms with Crippen molar-refractivity contribution in [2.75, 3.05) is 19.0 Å². The fraction of sp³-hybridized carbons (Fsp3) is 0.167. The number of hydrogen-bond donors (Lipinski definition) is 1. The van der Waals surface area contributed by atoms with Crippen LogP contribution in [0.25, 0.3) is 17.0 Å². The largest absolute Gasteiger partial charge is 0.465 e. The number of fused-ring (bicyclic) bond motifs is 3. The SMILES string of the molecule is CCOC(=O)C1=CC(C(=O)OC)=Cc2c(c3ccccc3oc2=O)N1. The number of carbonyl (C=O) groups is 2. The third-order valence-electron chi connectivity index (χ3n) is 3.62. The highest BCUT2D eigenvalue weighted by molar-refractivity contribution is 6.06. The Hall–Kier alpha value is -3.35. The standard InChI is InChI=1S/C18H15NO6/c1-3-24-18(22)13-9-10(16(20)23-2)8-12-15(19-13)11-6-4-5-7-14(11)25-17(12)21/h4-9,19H,3H2,1-2H3. The van der Waals surface area contributed by atoms with Gasteiger partial charge in [-0.25, -0.2) is 14.4 Å². The number of esters is 2. The van der Waals surface area contributed by atoms with Crippen molar-refractivity contribution in [2.45, 2.75) is 6.92 Å². The van der Waals surface area contributed by atoms with E-state index in [1.165, 1.54) is 19.3 Å². The summed E-state index contributed by atoms with van der Waals surface area (Å²) < 4.78 is 15.0. The zero-order chi connectivity index (χ0) is 18.0. The second-order valence-corrected chi connectivity index (χ2v) is 5.17. The first-order chi connectivity index (χ1) is 12.0. The van der Waals surface area contributed by atoms with Gasteiger partial charge in [0.2, 0.25) is 0 Å². The molecule has 0 radical (unpaired) electrons. The Balaban J connectivity index is 2.28. The van der Waals surface area contributed by atoms with E-state index in [0.29, 0.717) is 16.7 Å². The van der Waals surface area contributed by atoms with Crippen molar-refractivity contribution in [2.24, 2.45) is 0 Å². The van der Waals surface area contributed by atoms with Gasteiger partial charge in [0.1, 0.15) is 11.3 Å². The van der Waals surface area contributed by atoms with Crippen molar-refractivity contribution < 1.29 is 23.5 Å². The highest BCUT2D eigenvalue weighted by Crippen LogP contribution is 2.30. The van der Waals surface area contributed by atoms with Crippen molar-refractivity contribution in [3.05, 3.63) is 57.6 Å². The molecule has 3 rings (SSSR count). The van der Waals surface area contributed by atoms with Crippen LogP contribution in [0.5, 0.6) is 0 Å². The molecule has 2 aromatic rings. The predicted molar refractivity (Wildman–Crippen MR) is 90.8 cm³/mol. The first kappa shape index (κ1) is 16.5. The monoisotopic (exact) mass is 341 g/mol. The van der Waals surface area contributed by atoms with Gasteiger partial charge in [0.05, 0.1) is 30.5 Å². The van der Waals surface area contributed by atoms with Crippen molar-refractivity contribution >= 4 is 34.7 Å². The van der Waals surface area contributed by atoms with E-state index < -0.39 is 17.6 Å². The van der Waals surface area contributed by atoms with E-state index in [1.807, 2.05) is 0 Å². The molecule has 0 saturated carbocycles. The lowest BCUT2D eigenvalue weighted by Crippen LogP contribution is -2.17.